The van der Waals surface area contributed by atoms with Crippen LogP contribution in [-0.2, 0) is 16.6 Å². The van der Waals surface area contributed by atoms with Crippen molar-refractivity contribution in [3.05, 3.63) is 68.2 Å². The maximum Gasteiger partial charge on any atom is 0.290 e. The molecule has 6 nitrogen and oxygen atoms in total. The number of nitro benzene ring substituents is 1. The van der Waals surface area contributed by atoms with Crippen molar-refractivity contribution in [2.24, 2.45) is 0 Å². The molecule has 0 bridgehead atoms. The van der Waals surface area contributed by atoms with Crippen LogP contribution < -0.4 is 0 Å². The number of nitrogens with zero attached hydrogens (tertiary/aromatic N) is 2. The summed E-state index contributed by atoms with van der Waals surface area (Å²) in [5.41, 5.74) is -0.655. The Balaban J connectivity index is 2.41. The Morgan fingerprint density at radius 3 is 2.46 bits per heavy atom. The summed E-state index contributed by atoms with van der Waals surface area (Å²) in [7, 11) is -3.09. The first-order valence-electron chi connectivity index (χ1n) is 6.47. The fourth-order valence-electron chi connectivity index (χ4n) is 1.99. The van der Waals surface area contributed by atoms with E-state index in [4.69, 9.17) is 0 Å². The molecule has 0 atom stereocenters. The summed E-state index contributed by atoms with van der Waals surface area (Å²) in [6.45, 7) is -0.401. The molecule has 0 spiro atoms. The first-order valence-corrected chi connectivity index (χ1v) is 8.70. The molecule has 0 heterocycles. The third-order valence-corrected chi connectivity index (χ3v) is 5.56. The summed E-state index contributed by atoms with van der Waals surface area (Å²) < 4.78 is 52.8. The largest absolute Gasteiger partial charge is 0.290 e. The average molecular weight is 421 g/mol. The predicted molar refractivity (Wildman–Crippen MR) is 85.8 cm³/mol. The van der Waals surface area contributed by atoms with Crippen LogP contribution in [0.3, 0.4) is 0 Å². The second kappa shape index (κ2) is 6.91. The molecule has 2 rings (SSSR count). The molecule has 0 saturated heterocycles. The van der Waals surface area contributed by atoms with Gasteiger partial charge in [0.1, 0.15) is 11.6 Å². The number of nitro groups is 1. The van der Waals surface area contributed by atoms with Crippen molar-refractivity contribution in [1.29, 1.82) is 0 Å². The van der Waals surface area contributed by atoms with E-state index in [2.05, 4.69) is 15.9 Å². The van der Waals surface area contributed by atoms with Gasteiger partial charge in [-0.3, -0.25) is 10.1 Å². The smallest absolute Gasteiger partial charge is 0.258 e. The molecule has 24 heavy (non-hydrogen) atoms. The number of hydrogen-bond donors (Lipinski definition) is 0. The van der Waals surface area contributed by atoms with Crippen molar-refractivity contribution >= 4 is 31.6 Å². The lowest BCUT2D eigenvalue weighted by Crippen LogP contribution is -2.27. The molecule has 10 heteroatoms. The first kappa shape index (κ1) is 18.4. The lowest BCUT2D eigenvalue weighted by Gasteiger charge is -2.17. The Hall–Kier alpha value is -1.91. The van der Waals surface area contributed by atoms with E-state index in [1.807, 2.05) is 0 Å². The molecule has 0 aromatic heterocycles. The molecule has 0 saturated carbocycles. The minimum absolute atomic E-state index is 0.0535. The molecule has 0 fully saturated rings. The van der Waals surface area contributed by atoms with Gasteiger partial charge in [-0.05, 0) is 18.2 Å². The molecule has 0 amide bonds. The van der Waals surface area contributed by atoms with Gasteiger partial charge in [-0.15, -0.1) is 0 Å². The normalized spacial score (nSPS) is 11.7. The van der Waals surface area contributed by atoms with Crippen molar-refractivity contribution in [3.8, 4) is 0 Å². The molecule has 0 N–H and O–H groups in total. The molecule has 0 radical (unpaired) electrons. The number of rotatable bonds is 5. The second-order valence-corrected chi connectivity index (χ2v) is 7.79. The summed E-state index contributed by atoms with van der Waals surface area (Å²) in [5, 5.41) is 11.1. The van der Waals surface area contributed by atoms with Gasteiger partial charge < -0.3 is 0 Å². The highest BCUT2D eigenvalue weighted by atomic mass is 79.9. The Morgan fingerprint density at radius 1 is 1.21 bits per heavy atom. The number of halogens is 3. The van der Waals surface area contributed by atoms with E-state index < -0.39 is 43.7 Å². The average Bonchev–Trinajstić information content (AvgIpc) is 2.49. The SMILES string of the molecule is CN(Cc1ccc(F)cc1F)S(=O)(=O)c1ccc(Br)cc1[N+](=O)[O-]. The Bertz CT molecular complexity index is 906. The zero-order chi connectivity index (χ0) is 18.1. The summed E-state index contributed by atoms with van der Waals surface area (Å²) in [6, 6.07) is 6.27. The van der Waals surface area contributed by atoms with Gasteiger partial charge in [0.25, 0.3) is 5.69 Å². The zero-order valence-electron chi connectivity index (χ0n) is 12.2. The maximum atomic E-state index is 13.7. The van der Waals surface area contributed by atoms with Crippen LogP contribution in [0.2, 0.25) is 0 Å². The van der Waals surface area contributed by atoms with Crippen LogP contribution in [0, 0.1) is 21.7 Å². The third-order valence-electron chi connectivity index (χ3n) is 3.21. The van der Waals surface area contributed by atoms with Gasteiger partial charge in [0, 0.05) is 35.8 Å². The van der Waals surface area contributed by atoms with Crippen molar-refractivity contribution in [2.75, 3.05) is 7.05 Å². The lowest BCUT2D eigenvalue weighted by molar-refractivity contribution is -0.387. The lowest BCUT2D eigenvalue weighted by atomic mass is 10.2. The van der Waals surface area contributed by atoms with E-state index in [0.717, 1.165) is 35.6 Å². The van der Waals surface area contributed by atoms with Crippen LogP contribution >= 0.6 is 15.9 Å². The van der Waals surface area contributed by atoms with E-state index in [1.165, 1.54) is 6.07 Å². The number of hydrogen-bond acceptors (Lipinski definition) is 4. The molecule has 0 aliphatic heterocycles. The Kier molecular flexibility index (Phi) is 5.31. The van der Waals surface area contributed by atoms with Crippen LogP contribution in [0.1, 0.15) is 5.56 Å². The second-order valence-electron chi connectivity index (χ2n) is 4.87. The highest BCUT2D eigenvalue weighted by Gasteiger charge is 2.30. The van der Waals surface area contributed by atoms with E-state index >= 15 is 0 Å². The van der Waals surface area contributed by atoms with E-state index in [9.17, 15) is 27.3 Å². The van der Waals surface area contributed by atoms with Crippen molar-refractivity contribution < 1.29 is 22.1 Å². The van der Waals surface area contributed by atoms with Crippen LogP contribution in [0.4, 0.5) is 14.5 Å². The number of benzene rings is 2. The highest BCUT2D eigenvalue weighted by Crippen LogP contribution is 2.30. The van der Waals surface area contributed by atoms with Crippen molar-refractivity contribution in [1.82, 2.24) is 4.31 Å². The predicted octanol–water partition coefficient (Wildman–Crippen LogP) is 3.46. The summed E-state index contributed by atoms with van der Waals surface area (Å²) in [4.78, 5) is 9.76. The van der Waals surface area contributed by atoms with E-state index in [1.54, 1.807) is 0 Å². The maximum absolute atomic E-state index is 13.7. The molecule has 2 aromatic carbocycles. The Morgan fingerprint density at radius 2 is 1.88 bits per heavy atom. The van der Waals surface area contributed by atoms with Gasteiger partial charge in [-0.1, -0.05) is 22.0 Å². The standard InChI is InChI=1S/C14H11BrF2N2O4S/c1-18(8-9-2-4-11(16)7-12(9)17)24(22,23)14-5-3-10(15)6-13(14)19(20)21/h2-7H,8H2,1H3. The van der Waals surface area contributed by atoms with Gasteiger partial charge in [0.2, 0.25) is 10.0 Å². The van der Waals surface area contributed by atoms with Crippen LogP contribution in [0.15, 0.2) is 45.8 Å². The van der Waals surface area contributed by atoms with Gasteiger partial charge in [-0.2, -0.15) is 4.31 Å². The molecule has 0 aliphatic carbocycles. The monoisotopic (exact) mass is 420 g/mol. The van der Waals surface area contributed by atoms with Crippen LogP contribution in [-0.4, -0.2) is 24.7 Å². The van der Waals surface area contributed by atoms with Crippen molar-refractivity contribution in [3.63, 3.8) is 0 Å². The van der Waals surface area contributed by atoms with Crippen LogP contribution in [0.25, 0.3) is 0 Å². The summed E-state index contributed by atoms with van der Waals surface area (Å²) in [5.74, 6) is -1.69. The van der Waals surface area contributed by atoms with Gasteiger partial charge >= 0.3 is 0 Å². The molecule has 2 aromatic rings. The summed E-state index contributed by atoms with van der Waals surface area (Å²) in [6.07, 6.45) is 0. The van der Waals surface area contributed by atoms with Gasteiger partial charge in [0.15, 0.2) is 4.90 Å². The molecular formula is C14H11BrF2N2O4S. The fraction of sp³-hybridized carbons (Fsp3) is 0.143. The molecular weight excluding hydrogens is 410 g/mol. The minimum Gasteiger partial charge on any atom is -0.258 e. The zero-order valence-corrected chi connectivity index (χ0v) is 14.6. The first-order chi connectivity index (χ1) is 11.1. The Labute approximate surface area is 145 Å². The molecule has 128 valence electrons. The van der Waals surface area contributed by atoms with Gasteiger partial charge in [0.05, 0.1) is 4.92 Å². The fourth-order valence-corrected chi connectivity index (χ4v) is 3.63. The molecule has 0 unspecified atom stereocenters. The van der Waals surface area contributed by atoms with E-state index in [0.29, 0.717) is 10.5 Å². The molecule has 0 aliphatic rings. The van der Waals surface area contributed by atoms with Crippen LogP contribution in [0.5, 0.6) is 0 Å². The quantitative estimate of drug-likeness (QED) is 0.547. The summed E-state index contributed by atoms with van der Waals surface area (Å²) >= 11 is 3.04. The topological polar surface area (TPSA) is 80.5 Å². The number of sulfonamides is 1. The minimum atomic E-state index is -4.25. The van der Waals surface area contributed by atoms with E-state index in [-0.39, 0.29) is 5.56 Å². The van der Waals surface area contributed by atoms with Crippen molar-refractivity contribution in [2.45, 2.75) is 11.4 Å². The third kappa shape index (κ3) is 3.77. The van der Waals surface area contributed by atoms with Gasteiger partial charge in [-0.25, -0.2) is 17.2 Å². The highest BCUT2D eigenvalue weighted by molar-refractivity contribution is 9.10.